The van der Waals surface area contributed by atoms with Gasteiger partial charge in [-0.1, -0.05) is 17.7 Å². The summed E-state index contributed by atoms with van der Waals surface area (Å²) >= 11 is 6.25. The van der Waals surface area contributed by atoms with Gasteiger partial charge in [0.25, 0.3) is 0 Å². The molecule has 2 amide bonds. The standard InChI is InChI=1S/C22H27ClN4O/c1-17-4-7-20(16-21(17)23)26-12-14-27(15-13-26)22(28)24-18-5-8-19(9-6-18)25-10-2-3-11-25/h4-9,16H,2-3,10-15H2,1H3,(H,24,28). The molecule has 2 saturated heterocycles. The van der Waals surface area contributed by atoms with Gasteiger partial charge in [-0.3, -0.25) is 0 Å². The summed E-state index contributed by atoms with van der Waals surface area (Å²) in [6.07, 6.45) is 2.53. The first-order valence-electron chi connectivity index (χ1n) is 10.0. The number of piperazine rings is 1. The van der Waals surface area contributed by atoms with Gasteiger partial charge in [0.05, 0.1) is 0 Å². The van der Waals surface area contributed by atoms with Crippen LogP contribution >= 0.6 is 11.6 Å². The molecule has 2 aromatic rings. The Balaban J connectivity index is 1.30. The summed E-state index contributed by atoms with van der Waals surface area (Å²) in [6, 6.07) is 14.3. The van der Waals surface area contributed by atoms with Crippen molar-refractivity contribution in [2.24, 2.45) is 0 Å². The van der Waals surface area contributed by atoms with E-state index in [1.807, 2.05) is 36.1 Å². The zero-order valence-electron chi connectivity index (χ0n) is 16.3. The molecule has 148 valence electrons. The summed E-state index contributed by atoms with van der Waals surface area (Å²) in [5.41, 5.74) is 4.29. The second-order valence-electron chi connectivity index (χ2n) is 7.58. The van der Waals surface area contributed by atoms with Crippen LogP contribution in [-0.2, 0) is 0 Å². The second-order valence-corrected chi connectivity index (χ2v) is 7.99. The molecular weight excluding hydrogens is 372 g/mol. The Bertz CT molecular complexity index is 825. The minimum atomic E-state index is -0.0319. The number of carbonyl (C=O) groups excluding carboxylic acids is 1. The molecular formula is C22H27ClN4O. The van der Waals surface area contributed by atoms with Crippen molar-refractivity contribution in [3.05, 3.63) is 53.1 Å². The number of hydrogen-bond acceptors (Lipinski definition) is 3. The maximum absolute atomic E-state index is 12.6. The highest BCUT2D eigenvalue weighted by Gasteiger charge is 2.22. The predicted octanol–water partition coefficient (Wildman–Crippen LogP) is 4.60. The number of hydrogen-bond donors (Lipinski definition) is 1. The van der Waals surface area contributed by atoms with E-state index in [4.69, 9.17) is 11.6 Å². The summed E-state index contributed by atoms with van der Waals surface area (Å²) in [5.74, 6) is 0. The number of nitrogens with one attached hydrogen (secondary N) is 1. The van der Waals surface area contributed by atoms with Gasteiger partial charge in [0, 0.05) is 61.4 Å². The van der Waals surface area contributed by atoms with Crippen molar-refractivity contribution < 1.29 is 4.79 Å². The SMILES string of the molecule is Cc1ccc(N2CCN(C(=O)Nc3ccc(N4CCCC4)cc3)CC2)cc1Cl. The van der Waals surface area contributed by atoms with Crippen LogP contribution in [0.2, 0.25) is 5.02 Å². The van der Waals surface area contributed by atoms with Crippen molar-refractivity contribution in [3.63, 3.8) is 0 Å². The van der Waals surface area contributed by atoms with Crippen LogP contribution in [0.5, 0.6) is 0 Å². The van der Waals surface area contributed by atoms with Gasteiger partial charge < -0.3 is 20.0 Å². The topological polar surface area (TPSA) is 38.8 Å². The molecule has 0 bridgehead atoms. The Labute approximate surface area is 171 Å². The maximum atomic E-state index is 12.6. The first-order chi connectivity index (χ1) is 13.6. The zero-order chi connectivity index (χ0) is 19.5. The van der Waals surface area contributed by atoms with Crippen molar-refractivity contribution in [1.29, 1.82) is 0 Å². The Morgan fingerprint density at radius 1 is 0.857 bits per heavy atom. The minimum Gasteiger partial charge on any atom is -0.372 e. The lowest BCUT2D eigenvalue weighted by atomic mass is 10.2. The van der Waals surface area contributed by atoms with E-state index in [0.29, 0.717) is 13.1 Å². The molecule has 0 unspecified atom stereocenters. The van der Waals surface area contributed by atoms with Crippen LogP contribution in [-0.4, -0.2) is 50.2 Å². The van der Waals surface area contributed by atoms with Crippen LogP contribution in [0.3, 0.4) is 0 Å². The van der Waals surface area contributed by atoms with Crippen molar-refractivity contribution in [2.75, 3.05) is 54.4 Å². The van der Waals surface area contributed by atoms with Gasteiger partial charge in [-0.2, -0.15) is 0 Å². The van der Waals surface area contributed by atoms with E-state index in [-0.39, 0.29) is 6.03 Å². The van der Waals surface area contributed by atoms with Gasteiger partial charge in [0.1, 0.15) is 0 Å². The number of benzene rings is 2. The monoisotopic (exact) mass is 398 g/mol. The Hall–Kier alpha value is -2.40. The van der Waals surface area contributed by atoms with Crippen LogP contribution in [0, 0.1) is 6.92 Å². The van der Waals surface area contributed by atoms with Crippen LogP contribution < -0.4 is 15.1 Å². The summed E-state index contributed by atoms with van der Waals surface area (Å²) in [5, 5.41) is 3.82. The molecule has 4 rings (SSSR count). The maximum Gasteiger partial charge on any atom is 0.321 e. The third kappa shape index (κ3) is 4.20. The molecule has 0 atom stereocenters. The molecule has 0 saturated carbocycles. The van der Waals surface area contributed by atoms with Crippen LogP contribution in [0.4, 0.5) is 21.9 Å². The molecule has 28 heavy (non-hydrogen) atoms. The molecule has 2 fully saturated rings. The van der Waals surface area contributed by atoms with Gasteiger partial charge in [0.15, 0.2) is 0 Å². The molecule has 6 heteroatoms. The third-order valence-electron chi connectivity index (χ3n) is 5.68. The lowest BCUT2D eigenvalue weighted by Gasteiger charge is -2.36. The van der Waals surface area contributed by atoms with Gasteiger partial charge >= 0.3 is 6.03 Å². The highest BCUT2D eigenvalue weighted by Crippen LogP contribution is 2.25. The largest absolute Gasteiger partial charge is 0.372 e. The average Bonchev–Trinajstić information content (AvgIpc) is 3.26. The lowest BCUT2D eigenvalue weighted by Crippen LogP contribution is -2.50. The molecule has 0 aliphatic carbocycles. The number of rotatable bonds is 3. The molecule has 5 nitrogen and oxygen atoms in total. The van der Waals surface area contributed by atoms with E-state index in [0.717, 1.165) is 48.1 Å². The first-order valence-corrected chi connectivity index (χ1v) is 10.4. The number of halogens is 1. The second kappa shape index (κ2) is 8.31. The van der Waals surface area contributed by atoms with E-state index < -0.39 is 0 Å². The molecule has 2 aromatic carbocycles. The van der Waals surface area contributed by atoms with E-state index in [1.54, 1.807) is 0 Å². The van der Waals surface area contributed by atoms with E-state index in [9.17, 15) is 4.79 Å². The smallest absolute Gasteiger partial charge is 0.321 e. The highest BCUT2D eigenvalue weighted by molar-refractivity contribution is 6.31. The van der Waals surface area contributed by atoms with Gasteiger partial charge in [-0.15, -0.1) is 0 Å². The van der Waals surface area contributed by atoms with Gasteiger partial charge in [-0.05, 0) is 61.7 Å². The van der Waals surface area contributed by atoms with Crippen LogP contribution in [0.25, 0.3) is 0 Å². The fraction of sp³-hybridized carbons (Fsp3) is 0.409. The van der Waals surface area contributed by atoms with Gasteiger partial charge in [-0.25, -0.2) is 4.79 Å². The summed E-state index contributed by atoms with van der Waals surface area (Å²) in [4.78, 5) is 19.2. The van der Waals surface area contributed by atoms with E-state index in [2.05, 4.69) is 33.3 Å². The Morgan fingerprint density at radius 3 is 2.11 bits per heavy atom. The predicted molar refractivity (Wildman–Crippen MR) is 117 cm³/mol. The van der Waals surface area contributed by atoms with Crippen LogP contribution in [0.1, 0.15) is 18.4 Å². The van der Waals surface area contributed by atoms with Gasteiger partial charge in [0.2, 0.25) is 0 Å². The number of amides is 2. The number of nitrogens with zero attached hydrogens (tertiary/aromatic N) is 3. The van der Waals surface area contributed by atoms with Crippen molar-refractivity contribution in [2.45, 2.75) is 19.8 Å². The summed E-state index contributed by atoms with van der Waals surface area (Å²) in [6.45, 7) is 7.27. The molecule has 1 N–H and O–H groups in total. The fourth-order valence-corrected chi connectivity index (χ4v) is 4.05. The van der Waals surface area contributed by atoms with Crippen LogP contribution in [0.15, 0.2) is 42.5 Å². The zero-order valence-corrected chi connectivity index (χ0v) is 17.1. The quantitative estimate of drug-likeness (QED) is 0.820. The van der Waals surface area contributed by atoms with Crippen molar-refractivity contribution in [3.8, 4) is 0 Å². The molecule has 0 radical (unpaired) electrons. The Morgan fingerprint density at radius 2 is 1.46 bits per heavy atom. The number of aryl methyl sites for hydroxylation is 1. The normalized spacial score (nSPS) is 17.1. The highest BCUT2D eigenvalue weighted by atomic mass is 35.5. The summed E-state index contributed by atoms with van der Waals surface area (Å²) in [7, 11) is 0. The number of anilines is 3. The first kappa shape index (κ1) is 18.9. The molecule has 0 spiro atoms. The molecule has 0 aromatic heterocycles. The number of urea groups is 1. The molecule has 2 aliphatic heterocycles. The molecule has 2 aliphatic rings. The fourth-order valence-electron chi connectivity index (χ4n) is 3.88. The number of carbonyl (C=O) groups is 1. The third-order valence-corrected chi connectivity index (χ3v) is 6.08. The average molecular weight is 399 g/mol. The van der Waals surface area contributed by atoms with Crippen molar-refractivity contribution in [1.82, 2.24) is 4.90 Å². The van der Waals surface area contributed by atoms with Crippen molar-refractivity contribution >= 4 is 34.7 Å². The Kier molecular flexibility index (Phi) is 5.62. The lowest BCUT2D eigenvalue weighted by molar-refractivity contribution is 0.208. The minimum absolute atomic E-state index is 0.0319. The van der Waals surface area contributed by atoms with E-state index >= 15 is 0 Å². The molecule has 2 heterocycles. The van der Waals surface area contributed by atoms with E-state index in [1.165, 1.54) is 18.5 Å². The summed E-state index contributed by atoms with van der Waals surface area (Å²) < 4.78 is 0.